The summed E-state index contributed by atoms with van der Waals surface area (Å²) in [5.41, 5.74) is 1.11. The Kier molecular flexibility index (Phi) is 3.78. The van der Waals surface area contributed by atoms with Crippen LogP contribution in [0.15, 0.2) is 22.7 Å². The number of hydrogen-bond donors (Lipinski definition) is 1. The minimum absolute atomic E-state index is 0.696. The van der Waals surface area contributed by atoms with Crippen LogP contribution in [-0.4, -0.2) is 10.2 Å². The molecule has 0 aliphatic rings. The molecule has 0 aliphatic heterocycles. The van der Waals surface area contributed by atoms with Gasteiger partial charge in [-0.2, -0.15) is 0 Å². The van der Waals surface area contributed by atoms with Crippen LogP contribution in [-0.2, 0) is 6.54 Å². The third-order valence-corrected chi connectivity index (χ3v) is 3.98. The Balaban J connectivity index is 2.02. The lowest BCUT2D eigenvalue weighted by Crippen LogP contribution is -1.98. The third kappa shape index (κ3) is 2.93. The number of benzene rings is 1. The van der Waals surface area contributed by atoms with Crippen LogP contribution in [0, 0.1) is 6.92 Å². The lowest BCUT2D eigenvalue weighted by atomic mass is 10.2. The summed E-state index contributed by atoms with van der Waals surface area (Å²) in [6.07, 6.45) is 0. The molecule has 0 aliphatic carbocycles. The molecule has 0 atom stereocenters. The molecule has 0 spiro atoms. The van der Waals surface area contributed by atoms with Crippen molar-refractivity contribution in [3.8, 4) is 0 Å². The summed E-state index contributed by atoms with van der Waals surface area (Å²) in [6.45, 7) is 2.63. The van der Waals surface area contributed by atoms with Crippen molar-refractivity contribution < 1.29 is 0 Å². The number of nitrogens with zero attached hydrogens (tertiary/aromatic N) is 2. The third-order valence-electron chi connectivity index (χ3n) is 1.95. The molecule has 2 aromatic rings. The summed E-state index contributed by atoms with van der Waals surface area (Å²) in [5, 5.41) is 13.6. The van der Waals surface area contributed by atoms with Crippen molar-refractivity contribution in [3.63, 3.8) is 0 Å². The van der Waals surface area contributed by atoms with Crippen LogP contribution in [0.2, 0.25) is 5.02 Å². The predicted octanol–water partition coefficient (Wildman–Crippen LogP) is 3.87. The van der Waals surface area contributed by atoms with Gasteiger partial charge in [-0.15, -0.1) is 10.2 Å². The van der Waals surface area contributed by atoms with E-state index in [9.17, 15) is 0 Å². The van der Waals surface area contributed by atoms with Gasteiger partial charge in [-0.1, -0.05) is 29.0 Å². The Morgan fingerprint density at radius 1 is 1.44 bits per heavy atom. The fourth-order valence-electron chi connectivity index (χ4n) is 1.20. The molecule has 0 saturated heterocycles. The Bertz CT molecular complexity index is 501. The number of nitrogens with one attached hydrogen (secondary N) is 1. The number of rotatable bonds is 3. The Hall–Kier alpha value is -0.650. The topological polar surface area (TPSA) is 37.8 Å². The van der Waals surface area contributed by atoms with Gasteiger partial charge in [0.05, 0.1) is 5.02 Å². The lowest BCUT2D eigenvalue weighted by Gasteiger charge is -2.03. The molecule has 16 heavy (non-hydrogen) atoms. The van der Waals surface area contributed by atoms with Crippen LogP contribution in [0.3, 0.4) is 0 Å². The fraction of sp³-hybridized carbons (Fsp3) is 0.200. The highest BCUT2D eigenvalue weighted by molar-refractivity contribution is 9.10. The molecule has 1 N–H and O–H groups in total. The molecule has 0 bridgehead atoms. The van der Waals surface area contributed by atoms with E-state index < -0.39 is 0 Å². The van der Waals surface area contributed by atoms with Crippen molar-refractivity contribution in [2.24, 2.45) is 0 Å². The minimum Gasteiger partial charge on any atom is -0.356 e. The zero-order chi connectivity index (χ0) is 11.5. The van der Waals surface area contributed by atoms with Crippen LogP contribution in [0.1, 0.15) is 10.6 Å². The van der Waals surface area contributed by atoms with Gasteiger partial charge < -0.3 is 5.32 Å². The average molecular weight is 319 g/mol. The maximum Gasteiger partial charge on any atom is 0.205 e. The van der Waals surface area contributed by atoms with Gasteiger partial charge in [0.25, 0.3) is 0 Å². The van der Waals surface area contributed by atoms with Crippen LogP contribution >= 0.6 is 38.9 Å². The summed E-state index contributed by atoms with van der Waals surface area (Å²) in [7, 11) is 0. The number of anilines is 1. The zero-order valence-electron chi connectivity index (χ0n) is 8.50. The van der Waals surface area contributed by atoms with E-state index in [1.807, 2.05) is 25.1 Å². The van der Waals surface area contributed by atoms with Crippen LogP contribution < -0.4 is 5.32 Å². The van der Waals surface area contributed by atoms with E-state index >= 15 is 0 Å². The molecule has 0 radical (unpaired) electrons. The summed E-state index contributed by atoms with van der Waals surface area (Å²) in [6, 6.07) is 5.87. The van der Waals surface area contributed by atoms with E-state index in [4.69, 9.17) is 11.6 Å². The van der Waals surface area contributed by atoms with Crippen molar-refractivity contribution in [2.45, 2.75) is 13.5 Å². The number of aryl methyl sites for hydroxylation is 1. The quantitative estimate of drug-likeness (QED) is 0.933. The average Bonchev–Trinajstić information content (AvgIpc) is 2.66. The van der Waals surface area contributed by atoms with E-state index in [-0.39, 0.29) is 0 Å². The number of hydrogen-bond acceptors (Lipinski definition) is 4. The summed E-state index contributed by atoms with van der Waals surface area (Å²) >= 11 is 10.9. The number of aromatic nitrogens is 2. The van der Waals surface area contributed by atoms with E-state index in [1.54, 1.807) is 0 Å². The Morgan fingerprint density at radius 2 is 2.25 bits per heavy atom. The van der Waals surface area contributed by atoms with Crippen molar-refractivity contribution in [1.82, 2.24) is 10.2 Å². The normalized spacial score (nSPS) is 10.4. The van der Waals surface area contributed by atoms with Gasteiger partial charge in [-0.05, 0) is 40.5 Å². The molecule has 2 rings (SSSR count). The van der Waals surface area contributed by atoms with Gasteiger partial charge in [0.2, 0.25) is 5.13 Å². The fourth-order valence-corrected chi connectivity index (χ4v) is 2.23. The first kappa shape index (κ1) is 11.8. The largest absolute Gasteiger partial charge is 0.356 e. The first-order chi connectivity index (χ1) is 7.65. The summed E-state index contributed by atoms with van der Waals surface area (Å²) < 4.78 is 0.907. The van der Waals surface area contributed by atoms with Crippen molar-refractivity contribution >= 4 is 44.0 Å². The molecule has 0 unspecified atom stereocenters. The van der Waals surface area contributed by atoms with Crippen LogP contribution in [0.5, 0.6) is 0 Å². The van der Waals surface area contributed by atoms with Gasteiger partial charge in [0.1, 0.15) is 5.01 Å². The number of halogens is 2. The molecule has 1 heterocycles. The van der Waals surface area contributed by atoms with Crippen molar-refractivity contribution in [1.29, 1.82) is 0 Å². The molecule has 6 heteroatoms. The molecule has 0 amide bonds. The second-order valence-electron chi connectivity index (χ2n) is 3.23. The lowest BCUT2D eigenvalue weighted by molar-refractivity contribution is 1.02. The molecule has 0 fully saturated rings. The van der Waals surface area contributed by atoms with Crippen LogP contribution in [0.4, 0.5) is 5.13 Å². The van der Waals surface area contributed by atoms with Gasteiger partial charge in [0, 0.05) is 11.0 Å². The molecule has 0 saturated carbocycles. The van der Waals surface area contributed by atoms with E-state index in [0.717, 1.165) is 20.2 Å². The molecular weight excluding hydrogens is 310 g/mol. The first-order valence-electron chi connectivity index (χ1n) is 4.63. The highest BCUT2D eigenvalue weighted by atomic mass is 79.9. The monoisotopic (exact) mass is 317 g/mol. The van der Waals surface area contributed by atoms with Gasteiger partial charge in [0.15, 0.2) is 0 Å². The molecule has 84 valence electrons. The van der Waals surface area contributed by atoms with Gasteiger partial charge in [-0.3, -0.25) is 0 Å². The molecule has 1 aromatic heterocycles. The van der Waals surface area contributed by atoms with E-state index in [2.05, 4.69) is 31.4 Å². The van der Waals surface area contributed by atoms with Gasteiger partial charge in [-0.25, -0.2) is 0 Å². The highest BCUT2D eigenvalue weighted by Crippen LogP contribution is 2.23. The van der Waals surface area contributed by atoms with Crippen LogP contribution in [0.25, 0.3) is 0 Å². The predicted molar refractivity (Wildman–Crippen MR) is 71.1 cm³/mol. The van der Waals surface area contributed by atoms with E-state index in [0.29, 0.717) is 11.6 Å². The standard InChI is InChI=1S/C10H9BrClN3S/c1-6-14-15-10(16-6)13-5-7-2-3-8(11)9(12)4-7/h2-4H,5H2,1H3,(H,13,15). The second-order valence-corrected chi connectivity index (χ2v) is 5.67. The molecule has 1 aromatic carbocycles. The maximum absolute atomic E-state index is 6.00. The smallest absolute Gasteiger partial charge is 0.205 e. The Labute approximate surface area is 111 Å². The molecule has 3 nitrogen and oxygen atoms in total. The molecular formula is C10H9BrClN3S. The highest BCUT2D eigenvalue weighted by Gasteiger charge is 2.01. The second kappa shape index (κ2) is 5.12. The van der Waals surface area contributed by atoms with Crippen molar-refractivity contribution in [3.05, 3.63) is 38.3 Å². The Morgan fingerprint density at radius 3 is 2.88 bits per heavy atom. The summed E-state index contributed by atoms with van der Waals surface area (Å²) in [4.78, 5) is 0. The van der Waals surface area contributed by atoms with Gasteiger partial charge >= 0.3 is 0 Å². The SMILES string of the molecule is Cc1nnc(NCc2ccc(Br)c(Cl)c2)s1. The maximum atomic E-state index is 6.00. The summed E-state index contributed by atoms with van der Waals surface area (Å²) in [5.74, 6) is 0. The van der Waals surface area contributed by atoms with Crippen molar-refractivity contribution in [2.75, 3.05) is 5.32 Å². The minimum atomic E-state index is 0.696. The first-order valence-corrected chi connectivity index (χ1v) is 6.62. The van der Waals surface area contributed by atoms with E-state index in [1.165, 1.54) is 11.3 Å². The zero-order valence-corrected chi connectivity index (χ0v) is 11.7.